The second-order valence-electron chi connectivity index (χ2n) is 12.7. The molecule has 0 aromatic rings. The molecule has 0 radical (unpaired) electrons. The lowest BCUT2D eigenvalue weighted by Crippen LogP contribution is -2.27. The molecule has 0 rings (SSSR count). The van der Waals surface area contributed by atoms with Crippen molar-refractivity contribution >= 4 is 5.97 Å². The Labute approximate surface area is 263 Å². The third-order valence-electron chi connectivity index (χ3n) is 8.34. The molecule has 0 fully saturated rings. The van der Waals surface area contributed by atoms with E-state index in [4.69, 9.17) is 9.47 Å². The Morgan fingerprint density at radius 2 is 0.929 bits per heavy atom. The quantitative estimate of drug-likeness (QED) is 0.0450. The van der Waals surface area contributed by atoms with Crippen LogP contribution in [0.15, 0.2) is 12.2 Å². The predicted octanol–water partition coefficient (Wildman–Crippen LogP) is 11.8. The molecule has 0 aromatic carbocycles. The highest BCUT2D eigenvalue weighted by molar-refractivity contribution is 5.69. The van der Waals surface area contributed by atoms with Gasteiger partial charge in [-0.05, 0) is 38.5 Å². The lowest BCUT2D eigenvalue weighted by atomic mass is 10.0. The van der Waals surface area contributed by atoms with E-state index in [9.17, 15) is 9.90 Å². The molecule has 0 saturated heterocycles. The molecule has 0 saturated carbocycles. The molecule has 250 valence electrons. The summed E-state index contributed by atoms with van der Waals surface area (Å²) in [4.78, 5) is 12.1. The van der Waals surface area contributed by atoms with Crippen molar-refractivity contribution in [2.45, 2.75) is 206 Å². The zero-order valence-corrected chi connectivity index (χ0v) is 28.5. The van der Waals surface area contributed by atoms with Crippen molar-refractivity contribution in [3.8, 4) is 0 Å². The molecule has 0 aliphatic carbocycles. The van der Waals surface area contributed by atoms with Gasteiger partial charge < -0.3 is 14.6 Å². The van der Waals surface area contributed by atoms with Gasteiger partial charge in [-0.2, -0.15) is 0 Å². The van der Waals surface area contributed by atoms with Crippen LogP contribution >= 0.6 is 0 Å². The summed E-state index contributed by atoms with van der Waals surface area (Å²) < 4.78 is 11.1. The maximum absolute atomic E-state index is 12.1. The van der Waals surface area contributed by atoms with Crippen molar-refractivity contribution in [1.82, 2.24) is 0 Å². The Hall–Kier alpha value is -0.870. The highest BCUT2D eigenvalue weighted by Crippen LogP contribution is 2.14. The van der Waals surface area contributed by atoms with Crippen LogP contribution in [0.25, 0.3) is 0 Å². The molecule has 0 aromatic heterocycles. The summed E-state index contributed by atoms with van der Waals surface area (Å²) in [6, 6.07) is 0. The standard InChI is InChI=1S/C38H74O4/c1-3-5-7-9-11-13-15-17-18-19-20-21-22-24-26-28-30-32-34-41-36-37(35-39)42-38(40)33-31-29-27-25-23-16-14-12-10-8-6-4-2/h17-18,37,39H,3-16,19-36H2,1-2H3/b18-17-. The average molecular weight is 595 g/mol. The molecule has 0 aliphatic rings. The van der Waals surface area contributed by atoms with Crippen molar-refractivity contribution in [3.63, 3.8) is 0 Å². The molecule has 1 atom stereocenters. The molecule has 0 amide bonds. The molecule has 0 spiro atoms. The Bertz CT molecular complexity index is 547. The van der Waals surface area contributed by atoms with Gasteiger partial charge in [0.25, 0.3) is 0 Å². The molecule has 42 heavy (non-hydrogen) atoms. The van der Waals surface area contributed by atoms with Crippen LogP contribution in [-0.2, 0) is 14.3 Å². The maximum Gasteiger partial charge on any atom is 0.306 e. The SMILES string of the molecule is CCCCCCCC/C=C\CCCCCCCCCCOCC(CO)OC(=O)CCCCCCCCCCCCCC. The summed E-state index contributed by atoms with van der Waals surface area (Å²) in [6.07, 6.45) is 41.1. The van der Waals surface area contributed by atoms with Gasteiger partial charge in [0.2, 0.25) is 0 Å². The first-order chi connectivity index (χ1) is 20.7. The van der Waals surface area contributed by atoms with Crippen molar-refractivity contribution in [2.75, 3.05) is 19.8 Å². The average Bonchev–Trinajstić information content (AvgIpc) is 3.00. The van der Waals surface area contributed by atoms with Gasteiger partial charge in [-0.15, -0.1) is 0 Å². The summed E-state index contributed by atoms with van der Waals surface area (Å²) in [5.74, 6) is -0.200. The van der Waals surface area contributed by atoms with Gasteiger partial charge in [0.1, 0.15) is 6.10 Å². The monoisotopic (exact) mass is 595 g/mol. The first-order valence-corrected chi connectivity index (χ1v) is 18.8. The third kappa shape index (κ3) is 33.6. The van der Waals surface area contributed by atoms with E-state index < -0.39 is 6.10 Å². The fraction of sp³-hybridized carbons (Fsp3) is 0.921. The topological polar surface area (TPSA) is 55.8 Å². The smallest absolute Gasteiger partial charge is 0.306 e. The van der Waals surface area contributed by atoms with Gasteiger partial charge in [0.05, 0.1) is 13.2 Å². The minimum absolute atomic E-state index is 0.168. The number of hydrogen-bond donors (Lipinski definition) is 1. The number of allylic oxidation sites excluding steroid dienone is 2. The van der Waals surface area contributed by atoms with E-state index >= 15 is 0 Å². The van der Waals surface area contributed by atoms with E-state index in [0.717, 1.165) is 19.3 Å². The summed E-state index contributed by atoms with van der Waals surface area (Å²) in [6.45, 7) is 5.35. The summed E-state index contributed by atoms with van der Waals surface area (Å²) >= 11 is 0. The van der Waals surface area contributed by atoms with Crippen LogP contribution in [0.2, 0.25) is 0 Å². The van der Waals surface area contributed by atoms with Crippen LogP contribution in [0.3, 0.4) is 0 Å². The number of carbonyl (C=O) groups excluding carboxylic acids is 1. The third-order valence-corrected chi connectivity index (χ3v) is 8.34. The molecule has 1 N–H and O–H groups in total. The van der Waals surface area contributed by atoms with Crippen molar-refractivity contribution in [2.24, 2.45) is 0 Å². The summed E-state index contributed by atoms with van der Waals surface area (Å²) in [5, 5.41) is 9.55. The van der Waals surface area contributed by atoms with Crippen LogP contribution in [0.1, 0.15) is 200 Å². The van der Waals surface area contributed by atoms with Gasteiger partial charge in [-0.1, -0.05) is 167 Å². The zero-order valence-electron chi connectivity index (χ0n) is 28.5. The first-order valence-electron chi connectivity index (χ1n) is 18.8. The van der Waals surface area contributed by atoms with Gasteiger partial charge >= 0.3 is 5.97 Å². The fourth-order valence-corrected chi connectivity index (χ4v) is 5.50. The minimum Gasteiger partial charge on any atom is -0.457 e. The fourth-order valence-electron chi connectivity index (χ4n) is 5.50. The van der Waals surface area contributed by atoms with Crippen molar-refractivity contribution in [3.05, 3.63) is 12.2 Å². The van der Waals surface area contributed by atoms with Gasteiger partial charge in [-0.3, -0.25) is 4.79 Å². The van der Waals surface area contributed by atoms with E-state index in [1.807, 2.05) is 0 Å². The Kier molecular flexibility index (Phi) is 35.6. The van der Waals surface area contributed by atoms with Gasteiger partial charge in [0, 0.05) is 13.0 Å². The zero-order chi connectivity index (χ0) is 30.6. The number of carbonyl (C=O) groups is 1. The highest BCUT2D eigenvalue weighted by Gasteiger charge is 2.13. The predicted molar refractivity (Wildman–Crippen MR) is 182 cm³/mol. The minimum atomic E-state index is -0.528. The summed E-state index contributed by atoms with van der Waals surface area (Å²) in [7, 11) is 0. The number of aliphatic hydroxyl groups is 1. The van der Waals surface area contributed by atoms with E-state index in [1.54, 1.807) is 0 Å². The Balaban J connectivity index is 3.40. The molecule has 4 nitrogen and oxygen atoms in total. The van der Waals surface area contributed by atoms with E-state index in [2.05, 4.69) is 26.0 Å². The van der Waals surface area contributed by atoms with Crippen molar-refractivity contribution < 1.29 is 19.4 Å². The van der Waals surface area contributed by atoms with Crippen LogP contribution < -0.4 is 0 Å². The van der Waals surface area contributed by atoms with Crippen LogP contribution in [0.4, 0.5) is 0 Å². The molecule has 0 aliphatic heterocycles. The van der Waals surface area contributed by atoms with Gasteiger partial charge in [0.15, 0.2) is 0 Å². The second-order valence-corrected chi connectivity index (χ2v) is 12.7. The number of unbranched alkanes of at least 4 members (excludes halogenated alkanes) is 25. The van der Waals surface area contributed by atoms with E-state index in [0.29, 0.717) is 19.6 Å². The lowest BCUT2D eigenvalue weighted by Gasteiger charge is -2.16. The number of esters is 1. The molecule has 1 unspecified atom stereocenters. The lowest BCUT2D eigenvalue weighted by molar-refractivity contribution is -0.154. The number of aliphatic hydroxyl groups excluding tert-OH is 1. The van der Waals surface area contributed by atoms with E-state index in [-0.39, 0.29) is 12.6 Å². The van der Waals surface area contributed by atoms with E-state index in [1.165, 1.54) is 161 Å². The number of rotatable bonds is 35. The van der Waals surface area contributed by atoms with Crippen LogP contribution in [-0.4, -0.2) is 37.0 Å². The van der Waals surface area contributed by atoms with Gasteiger partial charge in [-0.25, -0.2) is 0 Å². The molecule has 0 heterocycles. The Morgan fingerprint density at radius 3 is 1.36 bits per heavy atom. The van der Waals surface area contributed by atoms with Crippen LogP contribution in [0.5, 0.6) is 0 Å². The maximum atomic E-state index is 12.1. The van der Waals surface area contributed by atoms with Crippen molar-refractivity contribution in [1.29, 1.82) is 0 Å². The number of ether oxygens (including phenoxy) is 2. The van der Waals surface area contributed by atoms with Crippen LogP contribution in [0, 0.1) is 0 Å². The summed E-state index contributed by atoms with van der Waals surface area (Å²) in [5.41, 5.74) is 0. The molecular weight excluding hydrogens is 520 g/mol. The highest BCUT2D eigenvalue weighted by atomic mass is 16.6. The Morgan fingerprint density at radius 1 is 0.548 bits per heavy atom. The molecular formula is C38H74O4. The molecule has 0 bridgehead atoms. The first kappa shape index (κ1) is 41.1. The molecule has 4 heteroatoms. The largest absolute Gasteiger partial charge is 0.457 e. The number of hydrogen-bond acceptors (Lipinski definition) is 4. The normalized spacial score (nSPS) is 12.4. The second kappa shape index (κ2) is 36.3.